The third kappa shape index (κ3) is 4.18. The second-order valence-electron chi connectivity index (χ2n) is 4.50. The van der Waals surface area contributed by atoms with Crippen molar-refractivity contribution in [2.24, 2.45) is 0 Å². The molecule has 1 aromatic heterocycles. The smallest absolute Gasteiger partial charge is 0.432 e. The fraction of sp³-hybridized carbons (Fsp3) is 0.231. The third-order valence-corrected chi connectivity index (χ3v) is 2.72. The number of carbonyl (C=O) groups is 1. The van der Waals surface area contributed by atoms with Crippen molar-refractivity contribution in [2.45, 2.75) is 19.7 Å². The Morgan fingerprint density at radius 1 is 1.30 bits per heavy atom. The predicted octanol–water partition coefficient (Wildman–Crippen LogP) is 3.59. The maximum absolute atomic E-state index is 12.4. The van der Waals surface area contributed by atoms with Gasteiger partial charge >= 0.3 is 12.8 Å². The molecular weight excluding hydrogens is 325 g/mol. The third-order valence-electron chi connectivity index (χ3n) is 2.72. The predicted molar refractivity (Wildman–Crippen MR) is 69.4 cm³/mol. The highest BCUT2D eigenvalue weighted by Crippen LogP contribution is 2.29. The molecule has 2 rings (SSSR count). The Bertz CT molecular complexity index is 712. The molecular formula is C13H10F5N3O2. The van der Waals surface area contributed by atoms with Crippen LogP contribution in [0.2, 0.25) is 0 Å². The summed E-state index contributed by atoms with van der Waals surface area (Å²) >= 11 is 0. The molecule has 0 spiro atoms. The quantitative estimate of drug-likeness (QED) is 0.839. The minimum Gasteiger partial charge on any atom is -0.433 e. The van der Waals surface area contributed by atoms with Crippen LogP contribution >= 0.6 is 0 Å². The number of benzene rings is 1. The maximum atomic E-state index is 12.4. The molecule has 10 heteroatoms. The summed E-state index contributed by atoms with van der Waals surface area (Å²) in [5.74, 6) is -1.31. The molecule has 0 saturated heterocycles. The zero-order valence-electron chi connectivity index (χ0n) is 11.5. The van der Waals surface area contributed by atoms with Gasteiger partial charge in [0.25, 0.3) is 5.91 Å². The minimum atomic E-state index is -4.68. The van der Waals surface area contributed by atoms with E-state index in [0.29, 0.717) is 11.6 Å². The van der Waals surface area contributed by atoms with Gasteiger partial charge in [-0.15, -0.1) is 0 Å². The van der Waals surface area contributed by atoms with E-state index in [1.54, 1.807) is 12.0 Å². The van der Waals surface area contributed by atoms with E-state index >= 15 is 0 Å². The van der Waals surface area contributed by atoms with E-state index in [2.05, 4.69) is 15.2 Å². The summed E-state index contributed by atoms with van der Waals surface area (Å²) in [6.45, 7) is -1.50. The van der Waals surface area contributed by atoms with E-state index < -0.39 is 30.1 Å². The van der Waals surface area contributed by atoms with Crippen molar-refractivity contribution in [1.29, 1.82) is 0 Å². The number of nitrogens with one attached hydrogen (secondary N) is 2. The number of halogens is 5. The van der Waals surface area contributed by atoms with Gasteiger partial charge < -0.3 is 10.1 Å². The monoisotopic (exact) mass is 335 g/mol. The second-order valence-corrected chi connectivity index (χ2v) is 4.50. The van der Waals surface area contributed by atoms with Crippen molar-refractivity contribution < 1.29 is 31.5 Å². The fourth-order valence-corrected chi connectivity index (χ4v) is 1.70. The number of hydrogen-bond donors (Lipinski definition) is 2. The van der Waals surface area contributed by atoms with Crippen molar-refractivity contribution in [3.8, 4) is 5.75 Å². The Balaban J connectivity index is 2.21. The van der Waals surface area contributed by atoms with Crippen LogP contribution in [0.1, 0.15) is 21.7 Å². The minimum absolute atomic E-state index is 0.113. The van der Waals surface area contributed by atoms with Crippen molar-refractivity contribution in [3.05, 3.63) is 41.2 Å². The first-order valence-electron chi connectivity index (χ1n) is 6.16. The van der Waals surface area contributed by atoms with Crippen LogP contribution in [0.4, 0.5) is 27.6 Å². The van der Waals surface area contributed by atoms with Gasteiger partial charge in [0, 0.05) is 6.07 Å². The lowest BCUT2D eigenvalue weighted by molar-refractivity contribution is -0.141. The summed E-state index contributed by atoms with van der Waals surface area (Å²) in [5.41, 5.74) is -1.26. The largest absolute Gasteiger partial charge is 0.433 e. The lowest BCUT2D eigenvalue weighted by Gasteiger charge is -2.12. The highest BCUT2D eigenvalue weighted by atomic mass is 19.4. The lowest BCUT2D eigenvalue weighted by atomic mass is 10.2. The SMILES string of the molecule is Cc1ccc(NC(=O)c2cc(C(F)(F)F)[nH]n2)c(OC(F)F)c1. The molecule has 0 aliphatic rings. The number of amides is 1. The van der Waals surface area contributed by atoms with Crippen LogP contribution in [0.3, 0.4) is 0 Å². The van der Waals surface area contributed by atoms with Gasteiger partial charge in [0.15, 0.2) is 5.69 Å². The fourth-order valence-electron chi connectivity index (χ4n) is 1.70. The highest BCUT2D eigenvalue weighted by molar-refractivity contribution is 6.03. The van der Waals surface area contributed by atoms with Gasteiger partial charge in [0.2, 0.25) is 0 Å². The van der Waals surface area contributed by atoms with E-state index in [1.807, 2.05) is 0 Å². The van der Waals surface area contributed by atoms with E-state index in [4.69, 9.17) is 0 Å². The molecule has 2 N–H and O–H groups in total. The molecule has 0 unspecified atom stereocenters. The molecule has 5 nitrogen and oxygen atoms in total. The van der Waals surface area contributed by atoms with Gasteiger partial charge in [0.1, 0.15) is 11.4 Å². The van der Waals surface area contributed by atoms with Gasteiger partial charge in [-0.2, -0.15) is 27.1 Å². The number of anilines is 1. The molecule has 124 valence electrons. The van der Waals surface area contributed by atoms with Crippen molar-refractivity contribution in [2.75, 3.05) is 5.32 Å². The Morgan fingerprint density at radius 2 is 2.00 bits per heavy atom. The molecule has 0 radical (unpaired) electrons. The van der Waals surface area contributed by atoms with Crippen molar-refractivity contribution >= 4 is 11.6 Å². The Kier molecular flexibility index (Phi) is 4.52. The van der Waals surface area contributed by atoms with Crippen molar-refractivity contribution in [3.63, 3.8) is 0 Å². The van der Waals surface area contributed by atoms with Crippen LogP contribution in [-0.4, -0.2) is 22.7 Å². The molecule has 0 aliphatic carbocycles. The van der Waals surface area contributed by atoms with Crippen LogP contribution in [0, 0.1) is 6.92 Å². The normalized spacial score (nSPS) is 11.6. The topological polar surface area (TPSA) is 67.0 Å². The van der Waals surface area contributed by atoms with Gasteiger partial charge in [0.05, 0.1) is 5.69 Å². The number of ether oxygens (including phenoxy) is 1. The number of aryl methyl sites for hydroxylation is 1. The van der Waals surface area contributed by atoms with E-state index in [0.717, 1.165) is 0 Å². The Hall–Kier alpha value is -2.65. The number of H-pyrrole nitrogens is 1. The van der Waals surface area contributed by atoms with Crippen molar-refractivity contribution in [1.82, 2.24) is 10.2 Å². The van der Waals surface area contributed by atoms with Gasteiger partial charge in [-0.05, 0) is 24.6 Å². The number of alkyl halides is 5. The molecule has 0 saturated carbocycles. The lowest BCUT2D eigenvalue weighted by Crippen LogP contribution is -2.14. The summed E-state index contributed by atoms with van der Waals surface area (Å²) in [6.07, 6.45) is -4.68. The van der Waals surface area contributed by atoms with Crippen LogP contribution in [0.5, 0.6) is 5.75 Å². The van der Waals surface area contributed by atoms with E-state index in [1.165, 1.54) is 18.2 Å². The molecule has 23 heavy (non-hydrogen) atoms. The summed E-state index contributed by atoms with van der Waals surface area (Å²) < 4.78 is 66.3. The average Bonchev–Trinajstić information content (AvgIpc) is 2.90. The molecule has 0 aliphatic heterocycles. The first-order valence-corrected chi connectivity index (χ1v) is 6.16. The zero-order chi connectivity index (χ0) is 17.2. The summed E-state index contributed by atoms with van der Waals surface area (Å²) in [5, 5.41) is 7.10. The zero-order valence-corrected chi connectivity index (χ0v) is 11.5. The van der Waals surface area contributed by atoms with Crippen LogP contribution < -0.4 is 10.1 Å². The molecule has 1 aromatic carbocycles. The number of aromatic amines is 1. The number of rotatable bonds is 4. The average molecular weight is 335 g/mol. The van der Waals surface area contributed by atoms with Crippen LogP contribution in [0.25, 0.3) is 0 Å². The Morgan fingerprint density at radius 3 is 2.57 bits per heavy atom. The molecule has 0 atom stereocenters. The molecule has 1 amide bonds. The van der Waals surface area contributed by atoms with E-state index in [9.17, 15) is 26.7 Å². The number of carbonyl (C=O) groups excluding carboxylic acids is 1. The highest BCUT2D eigenvalue weighted by Gasteiger charge is 2.33. The van der Waals surface area contributed by atoms with Crippen LogP contribution in [0.15, 0.2) is 24.3 Å². The second kappa shape index (κ2) is 6.23. The summed E-state index contributed by atoms with van der Waals surface area (Å²) in [7, 11) is 0. The maximum Gasteiger partial charge on any atom is 0.432 e. The van der Waals surface area contributed by atoms with Crippen LogP contribution in [-0.2, 0) is 6.18 Å². The van der Waals surface area contributed by atoms with E-state index in [-0.39, 0.29) is 11.4 Å². The molecule has 1 heterocycles. The van der Waals surface area contributed by atoms with Gasteiger partial charge in [-0.25, -0.2) is 0 Å². The first kappa shape index (κ1) is 16.7. The molecule has 2 aromatic rings. The first-order chi connectivity index (χ1) is 10.7. The molecule has 0 bridgehead atoms. The number of hydrogen-bond acceptors (Lipinski definition) is 3. The summed E-state index contributed by atoms with van der Waals surface area (Å²) in [4.78, 5) is 11.9. The Labute approximate surface area is 126 Å². The summed E-state index contributed by atoms with van der Waals surface area (Å²) in [6, 6.07) is 4.58. The van der Waals surface area contributed by atoms with Gasteiger partial charge in [-0.1, -0.05) is 6.07 Å². The number of nitrogens with zero attached hydrogens (tertiary/aromatic N) is 1. The van der Waals surface area contributed by atoms with Gasteiger partial charge in [-0.3, -0.25) is 9.89 Å². The molecule has 0 fully saturated rings. The number of aromatic nitrogens is 2. The standard InChI is InChI=1S/C13H10F5N3O2/c1-6-2-3-7(9(4-6)23-12(14)15)19-11(22)8-5-10(21-20-8)13(16,17)18/h2-5,12H,1H3,(H,19,22)(H,20,21).